The van der Waals surface area contributed by atoms with Gasteiger partial charge in [-0.1, -0.05) is 12.1 Å². The summed E-state index contributed by atoms with van der Waals surface area (Å²) in [5, 5.41) is 14.3. The van der Waals surface area contributed by atoms with Gasteiger partial charge in [-0.2, -0.15) is 0 Å². The van der Waals surface area contributed by atoms with Gasteiger partial charge in [0, 0.05) is 12.1 Å². The fraction of sp³-hybridized carbons (Fsp3) is 0.333. The lowest BCUT2D eigenvalue weighted by molar-refractivity contribution is -0.387. The fourth-order valence-electron chi connectivity index (χ4n) is 2.01. The molecule has 110 valence electrons. The van der Waals surface area contributed by atoms with E-state index in [1.54, 1.807) is 12.1 Å². The number of hydrogen-bond donors (Lipinski definition) is 1. The summed E-state index contributed by atoms with van der Waals surface area (Å²) in [6.07, 6.45) is 2.50. The number of benzene rings is 1. The Morgan fingerprint density at radius 1 is 1.24 bits per heavy atom. The van der Waals surface area contributed by atoms with Crippen LogP contribution in [0.4, 0.5) is 5.69 Å². The average Bonchev–Trinajstić information content (AvgIpc) is 3.21. The van der Waals surface area contributed by atoms with Gasteiger partial charge in [0.15, 0.2) is 0 Å². The summed E-state index contributed by atoms with van der Waals surface area (Å²) in [7, 11) is 0. The molecule has 21 heavy (non-hydrogen) atoms. The van der Waals surface area contributed by atoms with Gasteiger partial charge in [-0.3, -0.25) is 10.1 Å². The van der Waals surface area contributed by atoms with E-state index in [1.807, 2.05) is 18.2 Å². The van der Waals surface area contributed by atoms with Crippen LogP contribution in [0.1, 0.15) is 24.4 Å². The second-order valence-corrected chi connectivity index (χ2v) is 6.05. The third kappa shape index (κ3) is 3.86. The van der Waals surface area contributed by atoms with Gasteiger partial charge in [0.25, 0.3) is 5.69 Å². The van der Waals surface area contributed by atoms with Crippen molar-refractivity contribution in [3.05, 3.63) is 58.0 Å². The number of hydrogen-bond acceptors (Lipinski definition) is 5. The zero-order chi connectivity index (χ0) is 14.7. The molecule has 0 amide bonds. The quantitative estimate of drug-likeness (QED) is 0.479. The Balaban J connectivity index is 1.58. The monoisotopic (exact) mass is 304 g/mol. The highest BCUT2D eigenvalue weighted by atomic mass is 32.2. The molecule has 0 bridgehead atoms. The van der Waals surface area contributed by atoms with Crippen molar-refractivity contribution in [2.75, 3.05) is 0 Å². The van der Waals surface area contributed by atoms with Crippen LogP contribution >= 0.6 is 11.8 Å². The minimum atomic E-state index is -0.352. The molecule has 1 saturated carbocycles. The topological polar surface area (TPSA) is 68.3 Å². The Hall–Kier alpha value is -1.79. The van der Waals surface area contributed by atoms with Crippen molar-refractivity contribution in [2.45, 2.75) is 36.1 Å². The van der Waals surface area contributed by atoms with E-state index in [2.05, 4.69) is 5.32 Å². The van der Waals surface area contributed by atoms with Crippen molar-refractivity contribution >= 4 is 17.4 Å². The maximum Gasteiger partial charge on any atom is 0.282 e. The van der Waals surface area contributed by atoms with E-state index in [0.717, 1.165) is 18.1 Å². The number of nitrogens with one attached hydrogen (secondary N) is 1. The number of nitro benzene ring substituents is 1. The van der Waals surface area contributed by atoms with Crippen LogP contribution in [0.25, 0.3) is 0 Å². The summed E-state index contributed by atoms with van der Waals surface area (Å²) < 4.78 is 5.73. The molecule has 1 heterocycles. The lowest BCUT2D eigenvalue weighted by atomic mass is 10.3. The van der Waals surface area contributed by atoms with E-state index in [4.69, 9.17) is 4.42 Å². The minimum absolute atomic E-state index is 0.143. The largest absolute Gasteiger partial charge is 0.464 e. The normalized spacial score (nSPS) is 14.3. The summed E-state index contributed by atoms with van der Waals surface area (Å²) in [5.41, 5.74) is 0.143. The number of furan rings is 1. The van der Waals surface area contributed by atoms with Crippen molar-refractivity contribution in [1.29, 1.82) is 0 Å². The number of para-hydroxylation sites is 1. The second kappa shape index (κ2) is 6.32. The third-order valence-corrected chi connectivity index (χ3v) is 4.38. The summed E-state index contributed by atoms with van der Waals surface area (Å²) in [6, 6.07) is 11.3. The van der Waals surface area contributed by atoms with Crippen molar-refractivity contribution in [3.63, 3.8) is 0 Å². The van der Waals surface area contributed by atoms with E-state index >= 15 is 0 Å². The van der Waals surface area contributed by atoms with Crippen molar-refractivity contribution in [3.8, 4) is 0 Å². The van der Waals surface area contributed by atoms with Gasteiger partial charge >= 0.3 is 0 Å². The average molecular weight is 304 g/mol. The highest BCUT2D eigenvalue weighted by molar-refractivity contribution is 7.98. The molecule has 0 radical (unpaired) electrons. The Bertz CT molecular complexity index is 637. The van der Waals surface area contributed by atoms with Crippen LogP contribution in [0.2, 0.25) is 0 Å². The van der Waals surface area contributed by atoms with Crippen molar-refractivity contribution in [1.82, 2.24) is 5.32 Å². The van der Waals surface area contributed by atoms with Gasteiger partial charge in [0.2, 0.25) is 0 Å². The summed E-state index contributed by atoms with van der Waals surface area (Å²) in [6.45, 7) is 0.751. The molecule has 1 aromatic heterocycles. The van der Waals surface area contributed by atoms with Gasteiger partial charge in [0.1, 0.15) is 11.5 Å². The highest BCUT2D eigenvalue weighted by Crippen LogP contribution is 2.31. The molecule has 1 N–H and O–H groups in total. The highest BCUT2D eigenvalue weighted by Gasteiger charge is 2.20. The molecule has 0 spiro atoms. The molecular formula is C15H16N2O3S. The molecule has 3 rings (SSSR count). The first-order chi connectivity index (χ1) is 10.2. The third-order valence-electron chi connectivity index (χ3n) is 3.29. The lowest BCUT2D eigenvalue weighted by Gasteiger charge is -2.01. The Morgan fingerprint density at radius 2 is 2.00 bits per heavy atom. The first kappa shape index (κ1) is 14.2. The van der Waals surface area contributed by atoms with E-state index in [0.29, 0.717) is 16.7 Å². The van der Waals surface area contributed by atoms with Crippen LogP contribution in [0.5, 0.6) is 0 Å². The van der Waals surface area contributed by atoms with E-state index in [-0.39, 0.29) is 10.6 Å². The molecule has 2 aromatic rings. The van der Waals surface area contributed by atoms with Crippen LogP contribution in [0.15, 0.2) is 45.7 Å². The molecule has 1 aliphatic rings. The summed E-state index contributed by atoms with van der Waals surface area (Å²) in [5.74, 6) is 2.35. The van der Waals surface area contributed by atoms with E-state index in [1.165, 1.54) is 30.7 Å². The van der Waals surface area contributed by atoms with Crippen LogP contribution < -0.4 is 5.32 Å². The maximum atomic E-state index is 11.0. The van der Waals surface area contributed by atoms with Gasteiger partial charge in [-0.15, -0.1) is 11.8 Å². The van der Waals surface area contributed by atoms with Gasteiger partial charge in [0.05, 0.1) is 22.1 Å². The van der Waals surface area contributed by atoms with E-state index < -0.39 is 0 Å². The lowest BCUT2D eigenvalue weighted by Crippen LogP contribution is -2.14. The SMILES string of the molecule is O=[N+]([O-])c1ccccc1SCc1ccc(CNC2CC2)o1. The Morgan fingerprint density at radius 3 is 2.76 bits per heavy atom. The minimum Gasteiger partial charge on any atom is -0.464 e. The smallest absolute Gasteiger partial charge is 0.282 e. The number of nitrogens with zero attached hydrogens (tertiary/aromatic N) is 1. The summed E-state index contributed by atoms with van der Waals surface area (Å²) in [4.78, 5) is 11.3. The van der Waals surface area contributed by atoms with Gasteiger partial charge in [-0.25, -0.2) is 0 Å². The van der Waals surface area contributed by atoms with E-state index in [9.17, 15) is 10.1 Å². The molecule has 0 aliphatic heterocycles. The number of rotatable bonds is 7. The van der Waals surface area contributed by atoms with Gasteiger partial charge < -0.3 is 9.73 Å². The zero-order valence-corrected chi connectivity index (χ0v) is 12.3. The molecule has 0 unspecified atom stereocenters. The predicted molar refractivity (Wildman–Crippen MR) is 81.2 cm³/mol. The standard InChI is InChI=1S/C15H16N2O3S/c18-17(19)14-3-1-2-4-15(14)21-10-13-8-7-12(20-13)9-16-11-5-6-11/h1-4,7-8,11,16H,5-6,9-10H2. The zero-order valence-electron chi connectivity index (χ0n) is 11.5. The molecule has 1 aromatic carbocycles. The van der Waals surface area contributed by atoms with Crippen molar-refractivity contribution < 1.29 is 9.34 Å². The maximum absolute atomic E-state index is 11.0. The Labute approximate surface area is 126 Å². The molecule has 6 heteroatoms. The first-order valence-electron chi connectivity index (χ1n) is 6.89. The second-order valence-electron chi connectivity index (χ2n) is 5.04. The molecule has 1 aliphatic carbocycles. The molecule has 5 nitrogen and oxygen atoms in total. The van der Waals surface area contributed by atoms with Crippen LogP contribution in [-0.4, -0.2) is 11.0 Å². The number of nitro groups is 1. The fourth-order valence-corrected chi connectivity index (χ4v) is 2.92. The molecule has 0 atom stereocenters. The first-order valence-corrected chi connectivity index (χ1v) is 7.88. The molecule has 1 fully saturated rings. The Kier molecular flexibility index (Phi) is 4.26. The van der Waals surface area contributed by atoms with Crippen LogP contribution in [-0.2, 0) is 12.3 Å². The molecular weight excluding hydrogens is 288 g/mol. The molecule has 0 saturated heterocycles. The van der Waals surface area contributed by atoms with Crippen LogP contribution in [0, 0.1) is 10.1 Å². The summed E-state index contributed by atoms with van der Waals surface area (Å²) >= 11 is 1.42. The number of thioether (sulfide) groups is 1. The predicted octanol–water partition coefficient (Wildman–Crippen LogP) is 3.73. The van der Waals surface area contributed by atoms with Crippen LogP contribution in [0.3, 0.4) is 0 Å². The van der Waals surface area contributed by atoms with Crippen molar-refractivity contribution in [2.24, 2.45) is 0 Å². The van der Waals surface area contributed by atoms with Gasteiger partial charge in [-0.05, 0) is 31.0 Å².